The van der Waals surface area contributed by atoms with Crippen LogP contribution in [0.3, 0.4) is 0 Å². The minimum atomic E-state index is 0.338. The highest BCUT2D eigenvalue weighted by molar-refractivity contribution is 14.1. The van der Waals surface area contributed by atoms with Crippen LogP contribution in [0, 0.1) is 3.57 Å². The number of aromatic nitrogens is 2. The molecule has 1 aromatic carbocycles. The first-order chi connectivity index (χ1) is 8.09. The predicted octanol–water partition coefficient (Wildman–Crippen LogP) is 4.53. The summed E-state index contributed by atoms with van der Waals surface area (Å²) < 4.78 is 0.943. The number of benzene rings is 1. The summed E-state index contributed by atoms with van der Waals surface area (Å²) in [5, 5.41) is 0.531. The molecule has 0 N–H and O–H groups in total. The van der Waals surface area contributed by atoms with Crippen LogP contribution in [-0.4, -0.2) is 9.97 Å². The van der Waals surface area contributed by atoms with Crippen LogP contribution in [0.5, 0.6) is 0 Å². The average Bonchev–Trinajstić information content (AvgIpc) is 2.33. The maximum atomic E-state index is 6.15. The Hall–Kier alpha value is -0.680. The van der Waals surface area contributed by atoms with E-state index in [0.717, 1.165) is 14.8 Å². The summed E-state index contributed by atoms with van der Waals surface area (Å²) in [6.07, 6.45) is 0. The molecule has 0 atom stereocenters. The second kappa shape index (κ2) is 5.31. The van der Waals surface area contributed by atoms with Gasteiger partial charge < -0.3 is 0 Å². The zero-order valence-electron chi connectivity index (χ0n) is 9.61. The third-order valence-corrected chi connectivity index (χ3v) is 4.07. The highest BCUT2D eigenvalue weighted by Gasteiger charge is 2.14. The van der Waals surface area contributed by atoms with Crippen molar-refractivity contribution in [1.29, 1.82) is 0 Å². The van der Waals surface area contributed by atoms with Gasteiger partial charge in [-0.2, -0.15) is 0 Å². The van der Waals surface area contributed by atoms with Gasteiger partial charge in [-0.3, -0.25) is 0 Å². The molecule has 0 aliphatic rings. The molecular formula is C13H12ClIN2. The number of nitrogens with zero attached hydrogens (tertiary/aromatic N) is 2. The minimum Gasteiger partial charge on any atom is -0.232 e. The van der Waals surface area contributed by atoms with E-state index in [0.29, 0.717) is 16.9 Å². The molecule has 0 radical (unpaired) electrons. The van der Waals surface area contributed by atoms with E-state index in [1.807, 2.05) is 30.3 Å². The highest BCUT2D eigenvalue weighted by Crippen LogP contribution is 2.27. The van der Waals surface area contributed by atoms with Crippen LogP contribution < -0.4 is 0 Å². The summed E-state index contributed by atoms with van der Waals surface area (Å²) in [7, 11) is 0. The van der Waals surface area contributed by atoms with Crippen LogP contribution in [0.2, 0.25) is 5.15 Å². The SMILES string of the molecule is CC(C)c1nc(-c2ccccc2)nc(Cl)c1I. The topological polar surface area (TPSA) is 25.8 Å². The molecule has 0 amide bonds. The molecule has 0 bridgehead atoms. The van der Waals surface area contributed by atoms with Crippen LogP contribution in [0.1, 0.15) is 25.5 Å². The molecule has 0 aliphatic heterocycles. The Morgan fingerprint density at radius 3 is 2.35 bits per heavy atom. The van der Waals surface area contributed by atoms with Gasteiger partial charge in [-0.05, 0) is 28.5 Å². The lowest BCUT2D eigenvalue weighted by Gasteiger charge is -2.10. The van der Waals surface area contributed by atoms with Gasteiger partial charge in [0.1, 0.15) is 5.15 Å². The largest absolute Gasteiger partial charge is 0.232 e. The molecule has 4 heteroatoms. The standard InChI is InChI=1S/C13H12ClIN2/c1-8(2)11-10(15)12(14)17-13(16-11)9-6-4-3-5-7-9/h3-8H,1-2H3. The minimum absolute atomic E-state index is 0.338. The maximum Gasteiger partial charge on any atom is 0.161 e. The average molecular weight is 359 g/mol. The Kier molecular flexibility index (Phi) is 3.99. The van der Waals surface area contributed by atoms with Crippen molar-refractivity contribution < 1.29 is 0 Å². The molecule has 2 nitrogen and oxygen atoms in total. The first kappa shape index (κ1) is 12.8. The molecule has 0 spiro atoms. The van der Waals surface area contributed by atoms with Gasteiger partial charge in [0.25, 0.3) is 0 Å². The number of rotatable bonds is 2. The van der Waals surface area contributed by atoms with Gasteiger partial charge in [-0.15, -0.1) is 0 Å². The third-order valence-electron chi connectivity index (χ3n) is 2.42. The first-order valence-corrected chi connectivity index (χ1v) is 6.83. The Morgan fingerprint density at radius 1 is 1.12 bits per heavy atom. The van der Waals surface area contributed by atoms with Crippen LogP contribution in [0.15, 0.2) is 30.3 Å². The number of hydrogen-bond acceptors (Lipinski definition) is 2. The summed E-state index contributed by atoms with van der Waals surface area (Å²) in [4.78, 5) is 8.93. The van der Waals surface area contributed by atoms with E-state index in [1.165, 1.54) is 0 Å². The quantitative estimate of drug-likeness (QED) is 0.582. The van der Waals surface area contributed by atoms with Gasteiger partial charge in [0.2, 0.25) is 0 Å². The Balaban J connectivity index is 2.57. The van der Waals surface area contributed by atoms with Crippen molar-refractivity contribution in [3.63, 3.8) is 0 Å². The van der Waals surface area contributed by atoms with E-state index < -0.39 is 0 Å². The van der Waals surface area contributed by atoms with Crippen LogP contribution in [-0.2, 0) is 0 Å². The second-order valence-corrected chi connectivity index (χ2v) is 5.49. The molecule has 17 heavy (non-hydrogen) atoms. The van der Waals surface area contributed by atoms with E-state index in [2.05, 4.69) is 46.4 Å². The molecular weight excluding hydrogens is 347 g/mol. The maximum absolute atomic E-state index is 6.15. The van der Waals surface area contributed by atoms with Gasteiger partial charge in [0.15, 0.2) is 5.82 Å². The lowest BCUT2D eigenvalue weighted by Crippen LogP contribution is -2.02. The van der Waals surface area contributed by atoms with Crippen molar-refractivity contribution in [2.24, 2.45) is 0 Å². The molecule has 2 aromatic rings. The molecule has 88 valence electrons. The lowest BCUT2D eigenvalue weighted by molar-refractivity contribution is 0.808. The van der Waals surface area contributed by atoms with Crippen molar-refractivity contribution in [3.05, 3.63) is 44.7 Å². The molecule has 0 aliphatic carbocycles. The summed E-state index contributed by atoms with van der Waals surface area (Å²) in [5.74, 6) is 1.03. The van der Waals surface area contributed by atoms with Gasteiger partial charge >= 0.3 is 0 Å². The Bertz CT molecular complexity index is 526. The zero-order valence-corrected chi connectivity index (χ0v) is 12.5. The fraction of sp³-hybridized carbons (Fsp3) is 0.231. The lowest BCUT2D eigenvalue weighted by atomic mass is 10.1. The predicted molar refractivity (Wildman–Crippen MR) is 79.3 cm³/mol. The first-order valence-electron chi connectivity index (χ1n) is 5.38. The van der Waals surface area contributed by atoms with Gasteiger partial charge in [-0.1, -0.05) is 55.8 Å². The van der Waals surface area contributed by atoms with E-state index in [4.69, 9.17) is 11.6 Å². The van der Waals surface area contributed by atoms with Crippen LogP contribution in [0.4, 0.5) is 0 Å². The molecule has 0 saturated carbocycles. The summed E-state index contributed by atoms with van der Waals surface area (Å²) in [6, 6.07) is 9.89. The van der Waals surface area contributed by atoms with Crippen molar-refractivity contribution in [2.75, 3.05) is 0 Å². The molecule has 1 aromatic heterocycles. The molecule has 0 fully saturated rings. The fourth-order valence-electron chi connectivity index (χ4n) is 1.53. The molecule has 2 rings (SSSR count). The van der Waals surface area contributed by atoms with Gasteiger partial charge in [-0.25, -0.2) is 9.97 Å². The molecule has 0 unspecified atom stereocenters. The molecule has 1 heterocycles. The number of hydrogen-bond donors (Lipinski definition) is 0. The van der Waals surface area contributed by atoms with Crippen molar-refractivity contribution in [3.8, 4) is 11.4 Å². The van der Waals surface area contributed by atoms with Crippen LogP contribution >= 0.6 is 34.2 Å². The number of halogens is 2. The van der Waals surface area contributed by atoms with Gasteiger partial charge in [0.05, 0.1) is 9.26 Å². The highest BCUT2D eigenvalue weighted by atomic mass is 127. The van der Waals surface area contributed by atoms with E-state index >= 15 is 0 Å². The second-order valence-electron chi connectivity index (χ2n) is 4.06. The van der Waals surface area contributed by atoms with E-state index in [1.54, 1.807) is 0 Å². The van der Waals surface area contributed by atoms with Gasteiger partial charge in [0, 0.05) is 5.56 Å². The normalized spacial score (nSPS) is 10.9. The van der Waals surface area contributed by atoms with Crippen LogP contribution in [0.25, 0.3) is 11.4 Å². The van der Waals surface area contributed by atoms with Crippen molar-refractivity contribution >= 4 is 34.2 Å². The van der Waals surface area contributed by atoms with E-state index in [-0.39, 0.29) is 0 Å². The third kappa shape index (κ3) is 2.77. The van der Waals surface area contributed by atoms with E-state index in [9.17, 15) is 0 Å². The fourth-order valence-corrected chi connectivity index (χ4v) is 2.58. The van der Waals surface area contributed by atoms with Crippen molar-refractivity contribution in [2.45, 2.75) is 19.8 Å². The Morgan fingerprint density at radius 2 is 1.76 bits per heavy atom. The zero-order chi connectivity index (χ0) is 12.4. The molecule has 0 saturated heterocycles. The smallest absolute Gasteiger partial charge is 0.161 e. The Labute approximate surface area is 120 Å². The monoisotopic (exact) mass is 358 g/mol. The summed E-state index contributed by atoms with van der Waals surface area (Å²) >= 11 is 8.35. The van der Waals surface area contributed by atoms with Crippen molar-refractivity contribution in [1.82, 2.24) is 9.97 Å². The summed E-state index contributed by atoms with van der Waals surface area (Å²) in [6.45, 7) is 4.21. The summed E-state index contributed by atoms with van der Waals surface area (Å²) in [5.41, 5.74) is 2.00.